The summed E-state index contributed by atoms with van der Waals surface area (Å²) in [5.74, 6) is 0.0326. The molecule has 2 N–H and O–H groups in total. The van der Waals surface area contributed by atoms with E-state index in [4.69, 9.17) is 0 Å². The van der Waals surface area contributed by atoms with E-state index >= 15 is 0 Å². The zero-order chi connectivity index (χ0) is 16.2. The molecule has 118 valence electrons. The van der Waals surface area contributed by atoms with Gasteiger partial charge >= 0.3 is 0 Å². The van der Waals surface area contributed by atoms with Gasteiger partial charge in [0.25, 0.3) is 5.91 Å². The van der Waals surface area contributed by atoms with Crippen LogP contribution in [0.25, 0.3) is 0 Å². The van der Waals surface area contributed by atoms with E-state index in [1.807, 2.05) is 25.7 Å². The standard InChI is InChI=1S/C15H26N4O2/c1-11(2)15(5,10-16)17-14(21)12(3)18-6-8-19(9-7-18)13(4)20/h11-12H,6-9H2,1-5H3,(H,17,21)/p+1/t12-,15-/m0/s1. The maximum atomic E-state index is 12.4. The van der Waals surface area contributed by atoms with Gasteiger partial charge in [-0.1, -0.05) is 13.8 Å². The van der Waals surface area contributed by atoms with Gasteiger partial charge in [-0.25, -0.2) is 0 Å². The molecule has 0 saturated carbocycles. The van der Waals surface area contributed by atoms with Crippen molar-refractivity contribution in [3.05, 3.63) is 0 Å². The minimum absolute atomic E-state index is 0.0446. The topological polar surface area (TPSA) is 77.6 Å². The summed E-state index contributed by atoms with van der Waals surface area (Å²) < 4.78 is 0. The Morgan fingerprint density at radius 3 is 2.19 bits per heavy atom. The second-order valence-electron chi connectivity index (χ2n) is 6.34. The molecule has 6 heteroatoms. The van der Waals surface area contributed by atoms with E-state index in [0.717, 1.165) is 18.0 Å². The number of rotatable bonds is 4. The summed E-state index contributed by atoms with van der Waals surface area (Å²) in [6.45, 7) is 11.9. The molecule has 0 spiro atoms. The molecule has 1 saturated heterocycles. The zero-order valence-electron chi connectivity index (χ0n) is 13.7. The number of hydrogen-bond acceptors (Lipinski definition) is 3. The molecule has 0 aromatic rings. The summed E-state index contributed by atoms with van der Waals surface area (Å²) in [7, 11) is 0. The number of carbonyl (C=O) groups excluding carboxylic acids is 2. The van der Waals surface area contributed by atoms with Crippen LogP contribution in [0.1, 0.15) is 34.6 Å². The molecule has 2 atom stereocenters. The second-order valence-corrected chi connectivity index (χ2v) is 6.34. The Bertz CT molecular complexity index is 435. The second kappa shape index (κ2) is 6.90. The Morgan fingerprint density at radius 2 is 1.81 bits per heavy atom. The van der Waals surface area contributed by atoms with Crippen LogP contribution in [0.15, 0.2) is 0 Å². The van der Waals surface area contributed by atoms with Crippen LogP contribution in [0.2, 0.25) is 0 Å². The van der Waals surface area contributed by atoms with Crippen LogP contribution in [-0.2, 0) is 9.59 Å². The van der Waals surface area contributed by atoms with E-state index in [-0.39, 0.29) is 23.8 Å². The lowest BCUT2D eigenvalue weighted by molar-refractivity contribution is -0.918. The van der Waals surface area contributed by atoms with Crippen molar-refractivity contribution in [3.8, 4) is 6.07 Å². The van der Waals surface area contributed by atoms with Crippen LogP contribution < -0.4 is 10.2 Å². The average Bonchev–Trinajstić information content (AvgIpc) is 2.46. The van der Waals surface area contributed by atoms with E-state index in [0.29, 0.717) is 13.1 Å². The molecule has 6 nitrogen and oxygen atoms in total. The Morgan fingerprint density at radius 1 is 1.29 bits per heavy atom. The Hall–Kier alpha value is -1.61. The van der Waals surface area contributed by atoms with Crippen LogP contribution >= 0.6 is 0 Å². The molecule has 0 unspecified atom stereocenters. The van der Waals surface area contributed by atoms with Gasteiger partial charge < -0.3 is 15.1 Å². The van der Waals surface area contributed by atoms with Gasteiger partial charge in [-0.2, -0.15) is 5.26 Å². The van der Waals surface area contributed by atoms with Crippen molar-refractivity contribution in [2.75, 3.05) is 26.2 Å². The van der Waals surface area contributed by atoms with Crippen LogP contribution in [0.3, 0.4) is 0 Å². The summed E-state index contributed by atoms with van der Waals surface area (Å²) in [4.78, 5) is 26.7. The first-order valence-electron chi connectivity index (χ1n) is 7.54. The molecule has 2 amide bonds. The molecule has 0 bridgehead atoms. The highest BCUT2D eigenvalue weighted by Gasteiger charge is 2.36. The van der Waals surface area contributed by atoms with Crippen molar-refractivity contribution in [2.45, 2.75) is 46.2 Å². The first-order chi connectivity index (χ1) is 9.71. The normalized spacial score (nSPS) is 20.5. The van der Waals surface area contributed by atoms with Gasteiger partial charge in [-0.3, -0.25) is 9.59 Å². The first-order valence-corrected chi connectivity index (χ1v) is 7.54. The van der Waals surface area contributed by atoms with Crippen molar-refractivity contribution < 1.29 is 14.5 Å². The zero-order valence-corrected chi connectivity index (χ0v) is 13.7. The summed E-state index contributed by atoms with van der Waals surface area (Å²) >= 11 is 0. The summed E-state index contributed by atoms with van der Waals surface area (Å²) in [5.41, 5.74) is -0.841. The van der Waals surface area contributed by atoms with Crippen LogP contribution in [-0.4, -0.2) is 54.5 Å². The average molecular weight is 295 g/mol. The van der Waals surface area contributed by atoms with Gasteiger partial charge in [0.05, 0.1) is 32.2 Å². The third-order valence-electron chi connectivity index (χ3n) is 4.63. The fourth-order valence-electron chi connectivity index (χ4n) is 2.39. The minimum atomic E-state index is -0.841. The van der Waals surface area contributed by atoms with Crippen molar-refractivity contribution in [3.63, 3.8) is 0 Å². The highest BCUT2D eigenvalue weighted by molar-refractivity contribution is 5.81. The fraction of sp³-hybridized carbons (Fsp3) is 0.800. The first kappa shape index (κ1) is 17.4. The van der Waals surface area contributed by atoms with Gasteiger partial charge in [0, 0.05) is 6.92 Å². The lowest BCUT2D eigenvalue weighted by Gasteiger charge is -2.36. The molecular weight excluding hydrogens is 268 g/mol. The highest BCUT2D eigenvalue weighted by Crippen LogP contribution is 2.14. The molecule has 0 aromatic heterocycles. The molecule has 1 aliphatic heterocycles. The van der Waals surface area contributed by atoms with Crippen LogP contribution in [0.4, 0.5) is 0 Å². The van der Waals surface area contributed by atoms with E-state index in [1.54, 1.807) is 13.8 Å². The Kier molecular flexibility index (Phi) is 5.73. The van der Waals surface area contributed by atoms with Gasteiger partial charge in [0.2, 0.25) is 5.91 Å². The van der Waals surface area contributed by atoms with E-state index < -0.39 is 5.54 Å². The quantitative estimate of drug-likeness (QED) is 0.711. The Labute approximate surface area is 127 Å². The van der Waals surface area contributed by atoms with E-state index in [2.05, 4.69) is 11.4 Å². The van der Waals surface area contributed by atoms with Gasteiger partial charge in [-0.15, -0.1) is 0 Å². The largest absolute Gasteiger partial charge is 0.333 e. The molecule has 0 aliphatic carbocycles. The molecule has 1 rings (SSSR count). The van der Waals surface area contributed by atoms with Crippen LogP contribution in [0.5, 0.6) is 0 Å². The van der Waals surface area contributed by atoms with Crippen molar-refractivity contribution in [1.82, 2.24) is 10.2 Å². The third-order valence-corrected chi connectivity index (χ3v) is 4.63. The lowest BCUT2D eigenvalue weighted by atomic mass is 9.89. The third kappa shape index (κ3) is 4.18. The SMILES string of the molecule is CC(=O)N1CC[NH+]([C@@H](C)C(=O)N[C@@](C)(C#N)C(C)C)CC1. The number of carbonyl (C=O) groups is 2. The van der Waals surface area contributed by atoms with Crippen molar-refractivity contribution >= 4 is 11.8 Å². The lowest BCUT2D eigenvalue weighted by Crippen LogP contribution is -3.19. The van der Waals surface area contributed by atoms with Gasteiger partial charge in [-0.05, 0) is 19.8 Å². The molecular formula is C15H27N4O2+. The number of hydrogen-bond donors (Lipinski definition) is 2. The predicted octanol–water partition coefficient (Wildman–Crippen LogP) is -0.824. The maximum absolute atomic E-state index is 12.4. The molecule has 0 radical (unpaired) electrons. The number of amides is 2. The van der Waals surface area contributed by atoms with Crippen LogP contribution in [0, 0.1) is 17.2 Å². The van der Waals surface area contributed by atoms with Gasteiger partial charge in [0.15, 0.2) is 6.04 Å². The van der Waals surface area contributed by atoms with E-state index in [1.165, 1.54) is 0 Å². The van der Waals surface area contributed by atoms with Crippen molar-refractivity contribution in [2.24, 2.45) is 5.92 Å². The monoisotopic (exact) mass is 295 g/mol. The molecule has 1 aliphatic rings. The predicted molar refractivity (Wildman–Crippen MR) is 79.4 cm³/mol. The number of quaternary nitrogens is 1. The summed E-state index contributed by atoms with van der Waals surface area (Å²) in [6, 6.07) is 1.98. The Balaban J connectivity index is 2.60. The van der Waals surface area contributed by atoms with Gasteiger partial charge in [0.1, 0.15) is 5.54 Å². The number of piperazine rings is 1. The number of nitriles is 1. The molecule has 0 aromatic carbocycles. The molecule has 1 fully saturated rings. The summed E-state index contributed by atoms with van der Waals surface area (Å²) in [6.07, 6.45) is 0. The maximum Gasteiger partial charge on any atom is 0.279 e. The number of nitrogens with zero attached hydrogens (tertiary/aromatic N) is 2. The minimum Gasteiger partial charge on any atom is -0.333 e. The highest BCUT2D eigenvalue weighted by atomic mass is 16.2. The molecule has 1 heterocycles. The van der Waals surface area contributed by atoms with E-state index in [9.17, 15) is 14.9 Å². The summed E-state index contributed by atoms with van der Waals surface area (Å²) in [5, 5.41) is 12.1. The fourth-order valence-corrected chi connectivity index (χ4v) is 2.39. The van der Waals surface area contributed by atoms with Crippen molar-refractivity contribution in [1.29, 1.82) is 5.26 Å². The number of nitrogens with one attached hydrogen (secondary N) is 2. The molecule has 21 heavy (non-hydrogen) atoms. The smallest absolute Gasteiger partial charge is 0.279 e.